The van der Waals surface area contributed by atoms with Crippen LogP contribution in [-0.2, 0) is 12.0 Å². The van der Waals surface area contributed by atoms with Crippen molar-refractivity contribution in [1.82, 2.24) is 19.9 Å². The number of ketones is 1. The number of carbonyl (C=O) groups is 1. The number of alkyl halides is 2. The third kappa shape index (κ3) is 4.07. The summed E-state index contributed by atoms with van der Waals surface area (Å²) in [5.74, 6) is -2.18. The first-order valence-electron chi connectivity index (χ1n) is 10.8. The van der Waals surface area contributed by atoms with E-state index in [1.54, 1.807) is 12.4 Å². The number of aryl methyl sites for hydroxylation is 1. The van der Waals surface area contributed by atoms with Gasteiger partial charge in [0.15, 0.2) is 17.0 Å². The van der Waals surface area contributed by atoms with Crippen molar-refractivity contribution >= 4 is 32.8 Å². The Hall–Kier alpha value is -2.92. The number of halogens is 3. The van der Waals surface area contributed by atoms with Gasteiger partial charge in [0.2, 0.25) is 17.6 Å². The van der Waals surface area contributed by atoms with Crippen LogP contribution < -0.4 is 0 Å². The Morgan fingerprint density at radius 2 is 2.09 bits per heavy atom. The van der Waals surface area contributed by atoms with Crippen molar-refractivity contribution in [2.75, 3.05) is 0 Å². The molecular formula is C23H21BrF2N4O4. The molecule has 2 atom stereocenters. The second-order valence-corrected chi connectivity index (χ2v) is 9.83. The third-order valence-electron chi connectivity index (χ3n) is 5.99. The number of carbonyl (C=O) groups excluding carboxylic acids is 1. The monoisotopic (exact) mass is 534 g/mol. The highest BCUT2D eigenvalue weighted by atomic mass is 79.9. The van der Waals surface area contributed by atoms with Gasteiger partial charge < -0.3 is 18.9 Å². The maximum absolute atomic E-state index is 13.7. The molecule has 0 amide bonds. The van der Waals surface area contributed by atoms with Crippen molar-refractivity contribution < 1.29 is 27.5 Å². The molecule has 0 spiro atoms. The summed E-state index contributed by atoms with van der Waals surface area (Å²) in [6, 6.07) is 5.46. The zero-order valence-corrected chi connectivity index (χ0v) is 19.9. The molecule has 5 rings (SSSR count). The summed E-state index contributed by atoms with van der Waals surface area (Å²) in [7, 11) is 0. The molecular weight excluding hydrogens is 514 g/mol. The SMILES string of the molecule is CC(C)(O)c1nc(C(F)F)c(C(=O)C2CCc3[nH]cnc3[C@@H](c3nc4cc(Br)ccc4o3)C2)o1. The molecule has 0 radical (unpaired) electrons. The lowest BCUT2D eigenvalue weighted by atomic mass is 9.88. The normalized spacial score (nSPS) is 18.9. The summed E-state index contributed by atoms with van der Waals surface area (Å²) in [4.78, 5) is 29.3. The van der Waals surface area contributed by atoms with E-state index in [2.05, 4.69) is 35.9 Å². The van der Waals surface area contributed by atoms with E-state index in [0.717, 1.165) is 10.2 Å². The number of oxazole rings is 2. The number of aromatic amines is 1. The van der Waals surface area contributed by atoms with Crippen LogP contribution in [0.3, 0.4) is 0 Å². The summed E-state index contributed by atoms with van der Waals surface area (Å²) in [6.07, 6.45) is -0.321. The molecule has 1 aromatic carbocycles. The average Bonchev–Trinajstić information content (AvgIpc) is 3.48. The van der Waals surface area contributed by atoms with E-state index in [0.29, 0.717) is 35.5 Å². The fourth-order valence-corrected chi connectivity index (χ4v) is 4.64. The standard InChI is InChI=1S/C23H21BrF2N4O4/c1-23(2,32)22-30-17(20(25)26)19(34-22)18(31)10-3-5-13-16(28-9-27-13)12(7-10)21-29-14-8-11(24)4-6-15(14)33-21/h4,6,8-10,12,20,32H,3,5,7H2,1-2H3,(H,27,28)/t10?,12-/m0/s1. The van der Waals surface area contributed by atoms with Gasteiger partial charge in [-0.15, -0.1) is 0 Å². The molecule has 3 aromatic heterocycles. The third-order valence-corrected chi connectivity index (χ3v) is 6.48. The minimum atomic E-state index is -3.02. The van der Waals surface area contributed by atoms with Crippen LogP contribution in [0.2, 0.25) is 0 Å². The molecule has 0 bridgehead atoms. The van der Waals surface area contributed by atoms with Gasteiger partial charge in [0.05, 0.1) is 17.9 Å². The quantitative estimate of drug-likeness (QED) is 0.258. The highest BCUT2D eigenvalue weighted by Crippen LogP contribution is 2.40. The summed E-state index contributed by atoms with van der Waals surface area (Å²) >= 11 is 3.42. The van der Waals surface area contributed by atoms with Crippen LogP contribution in [0.25, 0.3) is 11.1 Å². The predicted octanol–water partition coefficient (Wildman–Crippen LogP) is 5.43. The van der Waals surface area contributed by atoms with E-state index in [1.165, 1.54) is 13.8 Å². The summed E-state index contributed by atoms with van der Waals surface area (Å²) < 4.78 is 39.6. The first-order chi connectivity index (χ1) is 16.1. The molecule has 0 saturated carbocycles. The molecule has 2 N–H and O–H groups in total. The molecule has 1 aliphatic carbocycles. The zero-order chi connectivity index (χ0) is 24.2. The Morgan fingerprint density at radius 1 is 1.29 bits per heavy atom. The zero-order valence-electron chi connectivity index (χ0n) is 18.3. The molecule has 4 aromatic rings. The fraction of sp³-hybridized carbons (Fsp3) is 0.391. The summed E-state index contributed by atoms with van der Waals surface area (Å²) in [6.45, 7) is 2.71. The number of Topliss-reactive ketones (excluding diaryl/α,β-unsaturated/α-hetero) is 1. The highest BCUT2D eigenvalue weighted by Gasteiger charge is 2.39. The van der Waals surface area contributed by atoms with Crippen molar-refractivity contribution in [2.24, 2.45) is 5.92 Å². The fourth-order valence-electron chi connectivity index (χ4n) is 4.29. The number of aliphatic hydroxyl groups is 1. The van der Waals surface area contributed by atoms with Crippen LogP contribution >= 0.6 is 15.9 Å². The minimum Gasteiger partial charge on any atom is -0.440 e. The maximum atomic E-state index is 13.7. The largest absolute Gasteiger partial charge is 0.440 e. The van der Waals surface area contributed by atoms with Gasteiger partial charge in [-0.2, -0.15) is 0 Å². The Kier molecular flexibility index (Phi) is 5.64. The molecule has 0 fully saturated rings. The van der Waals surface area contributed by atoms with Crippen molar-refractivity contribution in [3.63, 3.8) is 0 Å². The van der Waals surface area contributed by atoms with Crippen molar-refractivity contribution in [3.8, 4) is 0 Å². The summed E-state index contributed by atoms with van der Waals surface area (Å²) in [5, 5.41) is 10.2. The number of fused-ring (bicyclic) bond motifs is 2. The lowest BCUT2D eigenvalue weighted by Crippen LogP contribution is -2.19. The van der Waals surface area contributed by atoms with E-state index in [-0.39, 0.29) is 12.3 Å². The van der Waals surface area contributed by atoms with E-state index in [9.17, 15) is 18.7 Å². The van der Waals surface area contributed by atoms with Gasteiger partial charge in [0.25, 0.3) is 6.43 Å². The lowest BCUT2D eigenvalue weighted by Gasteiger charge is -2.16. The Labute approximate surface area is 200 Å². The van der Waals surface area contributed by atoms with Gasteiger partial charge in [-0.25, -0.2) is 23.7 Å². The number of hydrogen-bond donors (Lipinski definition) is 2. The number of hydrogen-bond acceptors (Lipinski definition) is 7. The average molecular weight is 535 g/mol. The number of nitrogens with zero attached hydrogens (tertiary/aromatic N) is 3. The molecule has 0 saturated heterocycles. The lowest BCUT2D eigenvalue weighted by molar-refractivity contribution is 0.0463. The van der Waals surface area contributed by atoms with Gasteiger partial charge >= 0.3 is 0 Å². The second kappa shape index (κ2) is 8.38. The topological polar surface area (TPSA) is 118 Å². The molecule has 0 aliphatic heterocycles. The molecule has 178 valence electrons. The number of H-pyrrole nitrogens is 1. The van der Waals surface area contributed by atoms with Gasteiger partial charge in [-0.1, -0.05) is 15.9 Å². The molecule has 11 heteroatoms. The van der Waals surface area contributed by atoms with E-state index < -0.39 is 41.1 Å². The Balaban J connectivity index is 1.53. The molecule has 8 nitrogen and oxygen atoms in total. The molecule has 3 heterocycles. The molecule has 1 unspecified atom stereocenters. The smallest absolute Gasteiger partial charge is 0.284 e. The van der Waals surface area contributed by atoms with Crippen molar-refractivity contribution in [2.45, 2.75) is 51.1 Å². The van der Waals surface area contributed by atoms with Crippen LogP contribution in [0, 0.1) is 5.92 Å². The maximum Gasteiger partial charge on any atom is 0.284 e. The van der Waals surface area contributed by atoms with Crippen LogP contribution in [0.4, 0.5) is 8.78 Å². The van der Waals surface area contributed by atoms with Crippen LogP contribution in [0.5, 0.6) is 0 Å². The van der Waals surface area contributed by atoms with Crippen LogP contribution in [0.15, 0.2) is 37.8 Å². The van der Waals surface area contributed by atoms with E-state index in [1.807, 2.05) is 12.1 Å². The van der Waals surface area contributed by atoms with Crippen LogP contribution in [0.1, 0.15) is 78.5 Å². The number of imidazole rings is 1. The van der Waals surface area contributed by atoms with Gasteiger partial charge in [0.1, 0.15) is 11.1 Å². The summed E-state index contributed by atoms with van der Waals surface area (Å²) in [5.41, 5.74) is 0.428. The minimum absolute atomic E-state index is 0.242. The molecule has 34 heavy (non-hydrogen) atoms. The molecule has 1 aliphatic rings. The van der Waals surface area contributed by atoms with Gasteiger partial charge in [-0.05, 0) is 51.3 Å². The first-order valence-corrected chi connectivity index (χ1v) is 11.5. The van der Waals surface area contributed by atoms with E-state index >= 15 is 0 Å². The van der Waals surface area contributed by atoms with Gasteiger partial charge in [-0.3, -0.25) is 4.79 Å². The van der Waals surface area contributed by atoms with Crippen molar-refractivity contribution in [1.29, 1.82) is 0 Å². The Bertz CT molecular complexity index is 1370. The number of benzene rings is 1. The number of rotatable bonds is 5. The van der Waals surface area contributed by atoms with E-state index in [4.69, 9.17) is 8.83 Å². The second-order valence-electron chi connectivity index (χ2n) is 8.91. The highest BCUT2D eigenvalue weighted by molar-refractivity contribution is 9.10. The van der Waals surface area contributed by atoms with Crippen LogP contribution in [-0.4, -0.2) is 30.8 Å². The van der Waals surface area contributed by atoms with Gasteiger partial charge in [0, 0.05) is 16.1 Å². The van der Waals surface area contributed by atoms with Crippen molar-refractivity contribution in [3.05, 3.63) is 63.6 Å². The number of nitrogens with one attached hydrogen (secondary N) is 1. The number of aromatic nitrogens is 4. The first kappa shape index (κ1) is 22.9. The Morgan fingerprint density at radius 3 is 2.82 bits per heavy atom. The predicted molar refractivity (Wildman–Crippen MR) is 120 cm³/mol.